The molecule has 6 heterocycles. The van der Waals surface area contributed by atoms with Crippen LogP contribution in [0.5, 0.6) is 0 Å². The third-order valence-corrected chi connectivity index (χ3v) is 9.45. The van der Waals surface area contributed by atoms with Crippen LogP contribution in [0.2, 0.25) is 0 Å². The maximum Gasteiger partial charge on any atom is 0.0458 e. The Morgan fingerprint density at radius 1 is 0.970 bits per heavy atom. The molecule has 2 atom stereocenters. The Bertz CT molecular complexity index is 1230. The van der Waals surface area contributed by atoms with E-state index in [2.05, 4.69) is 71.0 Å². The summed E-state index contributed by atoms with van der Waals surface area (Å²) in [6, 6.07) is 1.41. The van der Waals surface area contributed by atoms with Gasteiger partial charge in [0.2, 0.25) is 0 Å². The first-order valence-corrected chi connectivity index (χ1v) is 14.1. The van der Waals surface area contributed by atoms with Gasteiger partial charge < -0.3 is 9.13 Å². The van der Waals surface area contributed by atoms with Gasteiger partial charge in [0.05, 0.1) is 0 Å². The fourth-order valence-electron chi connectivity index (χ4n) is 7.64. The van der Waals surface area contributed by atoms with Crippen LogP contribution in [0.25, 0.3) is 17.7 Å². The quantitative estimate of drug-likeness (QED) is 0.361. The zero-order chi connectivity index (χ0) is 22.9. The molecule has 0 unspecified atom stereocenters. The van der Waals surface area contributed by atoms with E-state index < -0.39 is 0 Å². The Kier molecular flexibility index (Phi) is 5.40. The topological polar surface area (TPSA) is 9.86 Å². The van der Waals surface area contributed by atoms with Crippen molar-refractivity contribution in [3.05, 3.63) is 61.2 Å². The fourth-order valence-corrected chi connectivity index (χ4v) is 8.23. The molecular weight excluding hydrogens is 468 g/mol. The lowest BCUT2D eigenvalue weighted by atomic mass is 9.89. The molecule has 2 aromatic rings. The summed E-state index contributed by atoms with van der Waals surface area (Å²) in [4.78, 5) is 0. The molecular formula is C30H37BrN2. The molecule has 174 valence electrons. The van der Waals surface area contributed by atoms with Gasteiger partial charge in [0.1, 0.15) is 0 Å². The van der Waals surface area contributed by atoms with E-state index in [9.17, 15) is 0 Å². The molecule has 6 rings (SSSR count). The van der Waals surface area contributed by atoms with Crippen molar-refractivity contribution in [2.75, 3.05) is 0 Å². The number of allylic oxidation sites excluding steroid dienone is 4. The highest BCUT2D eigenvalue weighted by Crippen LogP contribution is 2.48. The minimum absolute atomic E-state index is 0.637. The van der Waals surface area contributed by atoms with E-state index >= 15 is 0 Å². The number of nitrogens with zero attached hydrogens (tertiary/aromatic N) is 2. The molecule has 0 amide bonds. The molecule has 0 N–H and O–H groups in total. The van der Waals surface area contributed by atoms with Crippen molar-refractivity contribution < 1.29 is 0 Å². The van der Waals surface area contributed by atoms with Crippen molar-refractivity contribution >= 4 is 33.7 Å². The van der Waals surface area contributed by atoms with Gasteiger partial charge in [0.25, 0.3) is 0 Å². The van der Waals surface area contributed by atoms with Crippen molar-refractivity contribution in [2.45, 2.75) is 104 Å². The molecule has 0 fully saturated rings. The normalized spacial score (nSPS) is 23.7. The van der Waals surface area contributed by atoms with Crippen LogP contribution in [-0.2, 0) is 32.1 Å². The van der Waals surface area contributed by atoms with Gasteiger partial charge in [0, 0.05) is 40.4 Å². The second kappa shape index (κ2) is 8.18. The zero-order valence-corrected chi connectivity index (χ0v) is 22.3. The van der Waals surface area contributed by atoms with Gasteiger partial charge in [0.15, 0.2) is 0 Å². The van der Waals surface area contributed by atoms with Crippen molar-refractivity contribution in [3.63, 3.8) is 0 Å². The molecule has 2 aromatic heterocycles. The first-order chi connectivity index (χ1) is 16.1. The second-order valence-corrected chi connectivity index (χ2v) is 11.5. The standard InChI is InChI=1S/C30H37BrN2/c1-5-22(30-24(7-3)29-17-19(31)16-21-12-14-28(30)33(21)29)18(4)15-25-23(6-2)26-10-8-9-20-11-13-27(25)32(20)26/h5,15,17,20-21H,6-14,16H2,1-4H3/b18-15+,22-5-/t20-,21+/m1/s1. The van der Waals surface area contributed by atoms with E-state index in [1.807, 2.05) is 0 Å². The first-order valence-electron chi connectivity index (χ1n) is 13.3. The maximum atomic E-state index is 3.85. The lowest BCUT2D eigenvalue weighted by molar-refractivity contribution is 0.419. The van der Waals surface area contributed by atoms with Gasteiger partial charge in [-0.15, -0.1) is 0 Å². The van der Waals surface area contributed by atoms with Crippen LogP contribution in [0.4, 0.5) is 0 Å². The monoisotopic (exact) mass is 504 g/mol. The second-order valence-electron chi connectivity index (χ2n) is 10.5. The van der Waals surface area contributed by atoms with Gasteiger partial charge in [-0.3, -0.25) is 0 Å². The summed E-state index contributed by atoms with van der Waals surface area (Å²) < 4.78 is 6.82. The molecule has 0 saturated heterocycles. The number of hydrogen-bond acceptors (Lipinski definition) is 0. The molecule has 0 radical (unpaired) electrons. The van der Waals surface area contributed by atoms with Gasteiger partial charge in [-0.05, 0) is 123 Å². The summed E-state index contributed by atoms with van der Waals surface area (Å²) in [5.41, 5.74) is 15.5. The Balaban J connectivity index is 1.49. The highest BCUT2D eigenvalue weighted by atomic mass is 79.9. The lowest BCUT2D eigenvalue weighted by Crippen LogP contribution is -2.14. The fraction of sp³-hybridized carbons (Fsp3) is 0.533. The predicted molar refractivity (Wildman–Crippen MR) is 144 cm³/mol. The number of halogens is 1. The Hall–Kier alpha value is -1.74. The summed E-state index contributed by atoms with van der Waals surface area (Å²) in [5.74, 6) is 0. The maximum absolute atomic E-state index is 3.85. The average Bonchev–Trinajstić information content (AvgIpc) is 3.55. The minimum atomic E-state index is 0.637. The van der Waals surface area contributed by atoms with Gasteiger partial charge >= 0.3 is 0 Å². The van der Waals surface area contributed by atoms with E-state index in [1.165, 1.54) is 66.3 Å². The third-order valence-electron chi connectivity index (χ3n) is 8.90. The molecule has 2 nitrogen and oxygen atoms in total. The van der Waals surface area contributed by atoms with E-state index in [4.69, 9.17) is 0 Å². The van der Waals surface area contributed by atoms with Crippen molar-refractivity contribution in [1.29, 1.82) is 0 Å². The smallest absolute Gasteiger partial charge is 0.0458 e. The average molecular weight is 506 g/mol. The van der Waals surface area contributed by atoms with Crippen LogP contribution in [0.15, 0.2) is 16.1 Å². The summed E-state index contributed by atoms with van der Waals surface area (Å²) in [6.07, 6.45) is 19.9. The molecule has 0 bridgehead atoms. The number of rotatable bonds is 5. The number of hydrogen-bond donors (Lipinski definition) is 0. The molecule has 0 aliphatic carbocycles. The van der Waals surface area contributed by atoms with Crippen molar-refractivity contribution in [1.82, 2.24) is 9.13 Å². The molecule has 0 saturated carbocycles. The van der Waals surface area contributed by atoms with Crippen LogP contribution in [0, 0.1) is 0 Å². The summed E-state index contributed by atoms with van der Waals surface area (Å²) >= 11 is 3.85. The summed E-state index contributed by atoms with van der Waals surface area (Å²) in [7, 11) is 0. The summed E-state index contributed by atoms with van der Waals surface area (Å²) in [5, 5.41) is 0. The number of aromatic nitrogens is 2. The Labute approximate surface area is 207 Å². The zero-order valence-electron chi connectivity index (χ0n) is 20.7. The summed E-state index contributed by atoms with van der Waals surface area (Å²) in [6.45, 7) is 9.30. The van der Waals surface area contributed by atoms with E-state index in [1.54, 1.807) is 39.3 Å². The van der Waals surface area contributed by atoms with Gasteiger partial charge in [-0.2, -0.15) is 0 Å². The van der Waals surface area contributed by atoms with Crippen LogP contribution in [-0.4, -0.2) is 9.13 Å². The van der Waals surface area contributed by atoms with Crippen LogP contribution in [0.3, 0.4) is 0 Å². The predicted octanol–water partition coefficient (Wildman–Crippen LogP) is 8.37. The van der Waals surface area contributed by atoms with Crippen molar-refractivity contribution in [3.8, 4) is 0 Å². The lowest BCUT2D eigenvalue weighted by Gasteiger charge is -2.23. The van der Waals surface area contributed by atoms with E-state index in [0.29, 0.717) is 6.04 Å². The first kappa shape index (κ1) is 21.8. The van der Waals surface area contributed by atoms with E-state index in [0.717, 1.165) is 25.3 Å². The Morgan fingerprint density at radius 3 is 2.48 bits per heavy atom. The largest absolute Gasteiger partial charge is 0.345 e. The molecule has 3 heteroatoms. The van der Waals surface area contributed by atoms with Crippen LogP contribution >= 0.6 is 15.9 Å². The molecule has 33 heavy (non-hydrogen) atoms. The molecule has 4 aliphatic rings. The van der Waals surface area contributed by atoms with E-state index in [-0.39, 0.29) is 0 Å². The third kappa shape index (κ3) is 3.10. The minimum Gasteiger partial charge on any atom is -0.345 e. The molecule has 0 spiro atoms. The Morgan fingerprint density at radius 2 is 1.73 bits per heavy atom. The van der Waals surface area contributed by atoms with Crippen LogP contribution < -0.4 is 0 Å². The van der Waals surface area contributed by atoms with Crippen molar-refractivity contribution in [2.24, 2.45) is 0 Å². The van der Waals surface area contributed by atoms with Gasteiger partial charge in [-0.1, -0.05) is 35.9 Å². The molecule has 0 aromatic carbocycles. The highest BCUT2D eigenvalue weighted by molar-refractivity contribution is 9.11. The van der Waals surface area contributed by atoms with Crippen LogP contribution in [0.1, 0.15) is 117 Å². The molecule has 4 aliphatic heterocycles. The SMILES string of the molecule is C/C=C(/C(C)=C/c1c(CC)c2n3c1CC[C@H]3CCC2)c1c(CC)c2n3c1CC[C@H]3CC(Br)=C2. The van der Waals surface area contributed by atoms with Gasteiger partial charge in [-0.25, -0.2) is 0 Å². The highest BCUT2D eigenvalue weighted by Gasteiger charge is 2.35.